The lowest BCUT2D eigenvalue weighted by Crippen LogP contribution is -2.20. The van der Waals surface area contributed by atoms with E-state index < -0.39 is 7.14 Å². The molecule has 27 heavy (non-hydrogen) atoms. The predicted molar refractivity (Wildman–Crippen MR) is 118 cm³/mol. The topological polar surface area (TPSA) is 17.1 Å². The summed E-state index contributed by atoms with van der Waals surface area (Å²) >= 11 is 0. The molecule has 0 spiro atoms. The summed E-state index contributed by atoms with van der Waals surface area (Å²) < 4.78 is 14.4. The summed E-state index contributed by atoms with van der Waals surface area (Å²) in [6.45, 7) is 4.34. The molecule has 0 bridgehead atoms. The highest BCUT2D eigenvalue weighted by Gasteiger charge is 2.34. The fraction of sp³-hybridized carbons (Fsp3) is 0.280. The number of hydrogen-bond donors (Lipinski definition) is 0. The third kappa shape index (κ3) is 4.42. The summed E-state index contributed by atoms with van der Waals surface area (Å²) in [6, 6.07) is 28.7. The van der Waals surface area contributed by atoms with Gasteiger partial charge in [0.25, 0.3) is 0 Å². The first-order valence-corrected chi connectivity index (χ1v) is 11.7. The highest BCUT2D eigenvalue weighted by molar-refractivity contribution is 7.79. The van der Waals surface area contributed by atoms with E-state index in [-0.39, 0.29) is 5.66 Å². The Bertz CT molecular complexity index is 826. The third-order valence-corrected chi connectivity index (χ3v) is 8.88. The zero-order valence-corrected chi connectivity index (χ0v) is 17.2. The van der Waals surface area contributed by atoms with Gasteiger partial charge in [-0.2, -0.15) is 0 Å². The molecule has 0 aliphatic heterocycles. The van der Waals surface area contributed by atoms with Crippen molar-refractivity contribution >= 4 is 17.8 Å². The van der Waals surface area contributed by atoms with Gasteiger partial charge in [0.15, 0.2) is 0 Å². The number of unbranched alkanes of at least 4 members (excludes halogenated alkanes) is 2. The Morgan fingerprint density at radius 2 is 1.26 bits per heavy atom. The van der Waals surface area contributed by atoms with E-state index in [0.717, 1.165) is 22.6 Å². The minimum absolute atomic E-state index is 0.0630. The summed E-state index contributed by atoms with van der Waals surface area (Å²) in [6.07, 6.45) is 4.87. The zero-order chi connectivity index (χ0) is 19.1. The van der Waals surface area contributed by atoms with Crippen LogP contribution in [0.5, 0.6) is 0 Å². The summed E-state index contributed by atoms with van der Waals surface area (Å²) in [5, 5.41) is 1.85. The second-order valence-corrected chi connectivity index (χ2v) is 10.3. The molecule has 0 saturated carbocycles. The zero-order valence-electron chi connectivity index (χ0n) is 16.3. The van der Waals surface area contributed by atoms with Crippen LogP contribution in [0.4, 0.5) is 0 Å². The Morgan fingerprint density at radius 3 is 1.74 bits per heavy atom. The van der Waals surface area contributed by atoms with Gasteiger partial charge in [0.2, 0.25) is 0 Å². The summed E-state index contributed by atoms with van der Waals surface area (Å²) in [5.41, 5.74) is 2.45. The molecule has 0 N–H and O–H groups in total. The van der Waals surface area contributed by atoms with Crippen LogP contribution in [0.25, 0.3) is 0 Å². The van der Waals surface area contributed by atoms with Crippen LogP contribution < -0.4 is 10.6 Å². The maximum absolute atomic E-state index is 14.4. The Labute approximate surface area is 163 Å². The molecule has 2 heteroatoms. The van der Waals surface area contributed by atoms with E-state index in [2.05, 4.69) is 38.1 Å². The monoisotopic (exact) mass is 376 g/mol. The van der Waals surface area contributed by atoms with Crippen LogP contribution in [0.15, 0.2) is 84.9 Å². The maximum Gasteiger partial charge on any atom is 0.150 e. The van der Waals surface area contributed by atoms with Crippen molar-refractivity contribution in [3.63, 3.8) is 0 Å². The molecule has 0 saturated heterocycles. The van der Waals surface area contributed by atoms with Crippen LogP contribution in [0.1, 0.15) is 49.9 Å². The molecule has 1 unspecified atom stereocenters. The van der Waals surface area contributed by atoms with E-state index in [4.69, 9.17) is 0 Å². The Kier molecular flexibility index (Phi) is 6.69. The van der Waals surface area contributed by atoms with Gasteiger partial charge in [0.05, 0.1) is 0 Å². The molecule has 0 aliphatic carbocycles. The lowest BCUT2D eigenvalue weighted by atomic mass is 10.0. The molecule has 0 fully saturated rings. The molecule has 1 atom stereocenters. The molecule has 3 aromatic rings. The Balaban J connectivity index is 1.95. The average molecular weight is 376 g/mol. The average Bonchev–Trinajstić information content (AvgIpc) is 2.74. The fourth-order valence-electron chi connectivity index (χ4n) is 3.65. The van der Waals surface area contributed by atoms with Gasteiger partial charge in [-0.25, -0.2) is 0 Å². The van der Waals surface area contributed by atoms with Crippen LogP contribution in [0, 0.1) is 0 Å². The first-order chi connectivity index (χ1) is 13.2. The smallest absolute Gasteiger partial charge is 0.150 e. The maximum atomic E-state index is 14.4. The van der Waals surface area contributed by atoms with Gasteiger partial charge in [-0.05, 0) is 24.0 Å². The number of aryl methyl sites for hydroxylation is 1. The van der Waals surface area contributed by atoms with Gasteiger partial charge in [-0.1, -0.05) is 112 Å². The van der Waals surface area contributed by atoms with Crippen LogP contribution in [-0.2, 0) is 11.0 Å². The van der Waals surface area contributed by atoms with Crippen molar-refractivity contribution in [2.75, 3.05) is 0 Å². The minimum Gasteiger partial charge on any atom is -0.313 e. The van der Waals surface area contributed by atoms with E-state index >= 15 is 0 Å². The largest absolute Gasteiger partial charge is 0.313 e. The highest BCUT2D eigenvalue weighted by Crippen LogP contribution is 2.56. The van der Waals surface area contributed by atoms with Crippen molar-refractivity contribution in [1.82, 2.24) is 0 Å². The Hall–Kier alpha value is -2.11. The SMILES string of the molecule is CCCCCc1ccc(C(C)P(=O)(c2ccccc2)c2ccccc2)cc1. The second-order valence-electron chi connectivity index (χ2n) is 7.20. The highest BCUT2D eigenvalue weighted by atomic mass is 31.2. The van der Waals surface area contributed by atoms with E-state index in [0.29, 0.717) is 0 Å². The van der Waals surface area contributed by atoms with Crippen LogP contribution in [0.2, 0.25) is 0 Å². The molecular weight excluding hydrogens is 347 g/mol. The van der Waals surface area contributed by atoms with Gasteiger partial charge >= 0.3 is 0 Å². The number of hydrogen-bond acceptors (Lipinski definition) is 1. The molecule has 3 aromatic carbocycles. The van der Waals surface area contributed by atoms with Gasteiger partial charge in [0.1, 0.15) is 7.14 Å². The van der Waals surface area contributed by atoms with Crippen molar-refractivity contribution in [2.24, 2.45) is 0 Å². The fourth-order valence-corrected chi connectivity index (χ4v) is 6.66. The lowest BCUT2D eigenvalue weighted by Gasteiger charge is -2.26. The van der Waals surface area contributed by atoms with E-state index in [1.54, 1.807) is 0 Å². The first-order valence-electron chi connectivity index (χ1n) is 9.96. The predicted octanol–water partition coefficient (Wildman–Crippen LogP) is 6.49. The van der Waals surface area contributed by atoms with Gasteiger partial charge in [-0.3, -0.25) is 0 Å². The lowest BCUT2D eigenvalue weighted by molar-refractivity contribution is 0.581. The van der Waals surface area contributed by atoms with Gasteiger partial charge in [0, 0.05) is 16.3 Å². The second kappa shape index (κ2) is 9.20. The summed E-state index contributed by atoms with van der Waals surface area (Å²) in [7, 11) is -2.78. The normalized spacial score (nSPS) is 12.7. The van der Waals surface area contributed by atoms with Crippen LogP contribution in [-0.4, -0.2) is 0 Å². The van der Waals surface area contributed by atoms with Crippen molar-refractivity contribution in [2.45, 2.75) is 45.2 Å². The standard InChI is InChI=1S/C25H29OP/c1-3-4-7-12-22-17-19-23(20-18-22)21(2)27(26,24-13-8-5-9-14-24)25-15-10-6-11-16-25/h5-6,8-11,13-21H,3-4,7,12H2,1-2H3. The molecule has 0 radical (unpaired) electrons. The number of benzene rings is 3. The van der Waals surface area contributed by atoms with Crippen molar-refractivity contribution in [1.29, 1.82) is 0 Å². The quantitative estimate of drug-likeness (QED) is 0.324. The first kappa shape index (κ1) is 19.6. The molecule has 0 amide bonds. The minimum atomic E-state index is -2.78. The van der Waals surface area contributed by atoms with Crippen molar-refractivity contribution < 1.29 is 4.57 Å². The molecule has 1 nitrogen and oxygen atoms in total. The Morgan fingerprint density at radius 1 is 0.741 bits per heavy atom. The third-order valence-electron chi connectivity index (χ3n) is 5.36. The molecular formula is C25H29OP. The molecule has 140 valence electrons. The summed E-state index contributed by atoms with van der Waals surface area (Å²) in [4.78, 5) is 0. The van der Waals surface area contributed by atoms with E-state index in [1.165, 1.54) is 24.8 Å². The van der Waals surface area contributed by atoms with E-state index in [9.17, 15) is 4.57 Å². The van der Waals surface area contributed by atoms with E-state index in [1.807, 2.05) is 60.7 Å². The van der Waals surface area contributed by atoms with Gasteiger partial charge < -0.3 is 4.57 Å². The summed E-state index contributed by atoms with van der Waals surface area (Å²) in [5.74, 6) is 0. The molecule has 3 rings (SSSR count). The van der Waals surface area contributed by atoms with Gasteiger partial charge in [-0.15, -0.1) is 0 Å². The molecule has 0 heterocycles. The van der Waals surface area contributed by atoms with Crippen molar-refractivity contribution in [3.05, 3.63) is 96.1 Å². The van der Waals surface area contributed by atoms with Crippen LogP contribution >= 0.6 is 7.14 Å². The van der Waals surface area contributed by atoms with Crippen LogP contribution in [0.3, 0.4) is 0 Å². The molecule has 0 aliphatic rings. The molecule has 0 aromatic heterocycles. The number of rotatable bonds is 8. The van der Waals surface area contributed by atoms with Crippen molar-refractivity contribution in [3.8, 4) is 0 Å².